The van der Waals surface area contributed by atoms with Crippen molar-refractivity contribution in [3.63, 3.8) is 0 Å². The summed E-state index contributed by atoms with van der Waals surface area (Å²) in [7, 11) is 4.15. The second-order valence-corrected chi connectivity index (χ2v) is 6.75. The Morgan fingerprint density at radius 2 is 1.89 bits per heavy atom. The molecule has 0 spiro atoms. The van der Waals surface area contributed by atoms with E-state index in [0.29, 0.717) is 10.8 Å². The lowest BCUT2D eigenvalue weighted by Crippen LogP contribution is -2.28. The van der Waals surface area contributed by atoms with Crippen LogP contribution in [-0.4, -0.2) is 31.6 Å². The first kappa shape index (κ1) is 13.8. The lowest BCUT2D eigenvalue weighted by atomic mass is 10.1. The first-order chi connectivity index (χ1) is 8.56. The Morgan fingerprint density at radius 1 is 1.28 bits per heavy atom. The van der Waals surface area contributed by atoms with Gasteiger partial charge in [0.2, 0.25) is 0 Å². The molecule has 2 nitrogen and oxygen atoms in total. The van der Waals surface area contributed by atoms with E-state index in [0.717, 1.165) is 6.54 Å². The molecular formula is C15H24N2S. The van der Waals surface area contributed by atoms with Crippen LogP contribution in [0.5, 0.6) is 0 Å². The molecular weight excluding hydrogens is 240 g/mol. The van der Waals surface area contributed by atoms with Crippen molar-refractivity contribution < 1.29 is 0 Å². The van der Waals surface area contributed by atoms with Crippen LogP contribution in [0, 0.1) is 0 Å². The largest absolute Gasteiger partial charge is 0.378 e. The number of nitrogens with zero attached hydrogens (tertiary/aromatic N) is 1. The van der Waals surface area contributed by atoms with Crippen molar-refractivity contribution in [1.82, 2.24) is 5.32 Å². The summed E-state index contributed by atoms with van der Waals surface area (Å²) in [6.45, 7) is 3.38. The fraction of sp³-hybridized carbons (Fsp3) is 0.600. The molecule has 0 amide bonds. The van der Waals surface area contributed by atoms with Gasteiger partial charge in [0.05, 0.1) is 0 Å². The molecule has 0 saturated heterocycles. The summed E-state index contributed by atoms with van der Waals surface area (Å²) in [4.78, 5) is 2.13. The molecule has 0 aliphatic heterocycles. The zero-order valence-electron chi connectivity index (χ0n) is 11.9. The molecule has 1 aliphatic rings. The van der Waals surface area contributed by atoms with Crippen molar-refractivity contribution in [3.05, 3.63) is 29.8 Å². The smallest absolute Gasteiger partial charge is 0.0361 e. The minimum atomic E-state index is 0.436. The van der Waals surface area contributed by atoms with Crippen molar-refractivity contribution in [2.75, 3.05) is 31.8 Å². The molecule has 3 heteroatoms. The first-order valence-electron chi connectivity index (χ1n) is 6.62. The van der Waals surface area contributed by atoms with E-state index in [9.17, 15) is 0 Å². The molecule has 1 fully saturated rings. The molecule has 1 saturated carbocycles. The van der Waals surface area contributed by atoms with E-state index in [1.165, 1.54) is 24.1 Å². The Labute approximate surface area is 115 Å². The molecule has 100 valence electrons. The van der Waals surface area contributed by atoms with Crippen LogP contribution in [0.2, 0.25) is 0 Å². The average molecular weight is 264 g/mol. The highest BCUT2D eigenvalue weighted by Gasteiger charge is 2.41. The Morgan fingerprint density at radius 3 is 2.33 bits per heavy atom. The van der Waals surface area contributed by atoms with E-state index >= 15 is 0 Å². The number of nitrogens with one attached hydrogen (secondary N) is 1. The van der Waals surface area contributed by atoms with Crippen LogP contribution >= 0.6 is 11.8 Å². The molecule has 2 rings (SSSR count). The van der Waals surface area contributed by atoms with Crippen LogP contribution in [-0.2, 0) is 0 Å². The number of rotatable bonds is 6. The summed E-state index contributed by atoms with van der Waals surface area (Å²) in [5.74, 6) is 0. The number of hydrogen-bond donors (Lipinski definition) is 1. The van der Waals surface area contributed by atoms with E-state index < -0.39 is 0 Å². The number of anilines is 1. The topological polar surface area (TPSA) is 15.3 Å². The standard InChI is InChI=1S/C15H24N2S/c1-12(16-11-15(18-4)9-10-15)13-5-7-14(8-6-13)17(2)3/h5-8,12,16H,9-11H2,1-4H3. The Kier molecular flexibility index (Phi) is 4.23. The quantitative estimate of drug-likeness (QED) is 0.848. The fourth-order valence-corrected chi connectivity index (χ4v) is 2.85. The summed E-state index contributed by atoms with van der Waals surface area (Å²) in [5.41, 5.74) is 2.63. The monoisotopic (exact) mass is 264 g/mol. The average Bonchev–Trinajstić information content (AvgIpc) is 3.17. The maximum absolute atomic E-state index is 3.67. The molecule has 1 aliphatic carbocycles. The van der Waals surface area contributed by atoms with Gasteiger partial charge >= 0.3 is 0 Å². The van der Waals surface area contributed by atoms with Crippen molar-refractivity contribution in [3.8, 4) is 0 Å². The lowest BCUT2D eigenvalue weighted by molar-refractivity contribution is 0.563. The van der Waals surface area contributed by atoms with Gasteiger partial charge < -0.3 is 10.2 Å². The maximum atomic E-state index is 3.67. The van der Waals surface area contributed by atoms with Gasteiger partial charge in [-0.15, -0.1) is 0 Å². The second kappa shape index (κ2) is 5.54. The van der Waals surface area contributed by atoms with Crippen LogP contribution in [0.4, 0.5) is 5.69 Å². The molecule has 1 unspecified atom stereocenters. The Balaban J connectivity index is 1.90. The molecule has 18 heavy (non-hydrogen) atoms. The zero-order chi connectivity index (χ0) is 13.2. The Hall–Kier alpha value is -0.670. The third-order valence-corrected chi connectivity index (χ3v) is 5.30. The molecule has 1 N–H and O–H groups in total. The molecule has 0 aromatic heterocycles. The van der Waals surface area contributed by atoms with Crippen molar-refractivity contribution in [2.24, 2.45) is 0 Å². The van der Waals surface area contributed by atoms with Gasteiger partial charge in [0.15, 0.2) is 0 Å². The summed E-state index contributed by atoms with van der Waals surface area (Å²) in [6, 6.07) is 9.27. The first-order valence-corrected chi connectivity index (χ1v) is 7.85. The highest BCUT2D eigenvalue weighted by Crippen LogP contribution is 2.46. The number of thioether (sulfide) groups is 1. The second-order valence-electron chi connectivity index (χ2n) is 5.48. The summed E-state index contributed by atoms with van der Waals surface area (Å²) in [6.07, 6.45) is 4.96. The van der Waals surface area contributed by atoms with E-state index in [4.69, 9.17) is 0 Å². The van der Waals surface area contributed by atoms with Gasteiger partial charge in [-0.05, 0) is 43.7 Å². The predicted octanol–water partition coefficient (Wildman–Crippen LogP) is 3.30. The maximum Gasteiger partial charge on any atom is 0.0361 e. The fourth-order valence-electron chi connectivity index (χ4n) is 2.11. The summed E-state index contributed by atoms with van der Waals surface area (Å²) < 4.78 is 0.540. The highest BCUT2D eigenvalue weighted by atomic mass is 32.2. The van der Waals surface area contributed by atoms with Crippen molar-refractivity contribution >= 4 is 17.4 Å². The zero-order valence-corrected chi connectivity index (χ0v) is 12.7. The van der Waals surface area contributed by atoms with E-state index in [2.05, 4.69) is 61.8 Å². The summed E-state index contributed by atoms with van der Waals surface area (Å²) in [5, 5.41) is 3.67. The minimum Gasteiger partial charge on any atom is -0.378 e. The van der Waals surface area contributed by atoms with Gasteiger partial charge in [-0.1, -0.05) is 12.1 Å². The van der Waals surface area contributed by atoms with Crippen molar-refractivity contribution in [1.29, 1.82) is 0 Å². The van der Waals surface area contributed by atoms with Gasteiger partial charge in [0.25, 0.3) is 0 Å². The number of hydrogen-bond acceptors (Lipinski definition) is 3. The van der Waals surface area contributed by atoms with Gasteiger partial charge in [-0.3, -0.25) is 0 Å². The molecule has 1 aromatic carbocycles. The molecule has 0 radical (unpaired) electrons. The van der Waals surface area contributed by atoms with Crippen LogP contribution in [0.15, 0.2) is 24.3 Å². The highest BCUT2D eigenvalue weighted by molar-refractivity contribution is 8.00. The third kappa shape index (κ3) is 3.21. The lowest BCUT2D eigenvalue weighted by Gasteiger charge is -2.20. The molecule has 0 heterocycles. The van der Waals surface area contributed by atoms with Gasteiger partial charge in [-0.25, -0.2) is 0 Å². The van der Waals surface area contributed by atoms with Crippen LogP contribution in [0.1, 0.15) is 31.4 Å². The third-order valence-electron chi connectivity index (χ3n) is 3.88. The SMILES string of the molecule is CSC1(CNC(C)c2ccc(N(C)C)cc2)CC1. The van der Waals surface area contributed by atoms with E-state index in [1.54, 1.807) is 0 Å². The normalized spacial score (nSPS) is 18.4. The summed E-state index contributed by atoms with van der Waals surface area (Å²) >= 11 is 2.01. The predicted molar refractivity (Wildman–Crippen MR) is 82.7 cm³/mol. The number of benzene rings is 1. The molecule has 1 atom stereocenters. The Bertz CT molecular complexity index is 382. The van der Waals surface area contributed by atoms with E-state index in [1.807, 2.05) is 11.8 Å². The minimum absolute atomic E-state index is 0.436. The molecule has 0 bridgehead atoms. The van der Waals surface area contributed by atoms with Gasteiger partial charge in [-0.2, -0.15) is 11.8 Å². The van der Waals surface area contributed by atoms with Crippen LogP contribution in [0.3, 0.4) is 0 Å². The van der Waals surface area contributed by atoms with Crippen LogP contribution < -0.4 is 10.2 Å². The van der Waals surface area contributed by atoms with Gasteiger partial charge in [0, 0.05) is 37.1 Å². The van der Waals surface area contributed by atoms with Crippen LogP contribution in [0.25, 0.3) is 0 Å². The van der Waals surface area contributed by atoms with Crippen molar-refractivity contribution in [2.45, 2.75) is 30.6 Å². The molecule has 1 aromatic rings. The van der Waals surface area contributed by atoms with Gasteiger partial charge in [0.1, 0.15) is 0 Å². The van der Waals surface area contributed by atoms with E-state index in [-0.39, 0.29) is 0 Å².